The number of aliphatic hydroxyl groups excluding tert-OH is 2. The molecule has 2 N–H and O–H groups in total. The van der Waals surface area contributed by atoms with Crippen molar-refractivity contribution in [3.8, 4) is 0 Å². The van der Waals surface area contributed by atoms with Crippen molar-refractivity contribution < 1.29 is 68.8 Å². The Kier molecular flexibility index (Phi) is 83.0. The Morgan fingerprint density at radius 2 is 1.14 bits per heavy atom. The molecule has 7 heavy (non-hydrogen) atoms. The Balaban J connectivity index is -0.0000000150. The fraction of sp³-hybridized carbons (Fsp3) is 1.00. The van der Waals surface area contributed by atoms with Gasteiger partial charge in [-0.3, -0.25) is 0 Å². The third-order valence-corrected chi connectivity index (χ3v) is 0.1000. The van der Waals surface area contributed by atoms with Gasteiger partial charge in [0.1, 0.15) is 0 Å². The maximum atomic E-state index is 7.62. The molecule has 0 aromatic rings. The minimum atomic E-state index is -0.125. The first-order valence-electron chi connectivity index (χ1n) is 1.13. The Morgan fingerprint density at radius 1 is 1.00 bits per heavy atom. The SMILES string of the molecule is OCCO.[Ni].[Pd].[Ti]. The second-order valence-electron chi connectivity index (χ2n) is 0.447. The Bertz CT molecular complexity index is 17.7. The minimum Gasteiger partial charge on any atom is -0.394 e. The molecule has 2 nitrogen and oxygen atoms in total. The third-order valence-electron chi connectivity index (χ3n) is 0.1000. The summed E-state index contributed by atoms with van der Waals surface area (Å²) in [5.74, 6) is 0. The summed E-state index contributed by atoms with van der Waals surface area (Å²) < 4.78 is 0. The maximum absolute atomic E-state index is 7.62. The molecule has 0 heterocycles. The van der Waals surface area contributed by atoms with Crippen molar-refractivity contribution in [2.75, 3.05) is 13.2 Å². The van der Waals surface area contributed by atoms with Gasteiger partial charge in [-0.1, -0.05) is 0 Å². The number of hydrogen-bond acceptors (Lipinski definition) is 2. The average Bonchev–Trinajstić information content (AvgIpc) is 1.37. The molecule has 0 aliphatic carbocycles. The van der Waals surface area contributed by atoms with Crippen molar-refractivity contribution in [3.05, 3.63) is 0 Å². The molecule has 0 aliphatic rings. The molecule has 50 valence electrons. The van der Waals surface area contributed by atoms with Gasteiger partial charge in [-0.2, -0.15) is 0 Å². The molecule has 0 spiro atoms. The Morgan fingerprint density at radius 3 is 1.14 bits per heavy atom. The summed E-state index contributed by atoms with van der Waals surface area (Å²) in [5.41, 5.74) is 0. The fourth-order valence-electron chi connectivity index (χ4n) is 0. The first kappa shape index (κ1) is 23.2. The van der Waals surface area contributed by atoms with Gasteiger partial charge in [0.2, 0.25) is 0 Å². The number of rotatable bonds is 1. The van der Waals surface area contributed by atoms with Crippen LogP contribution in [-0.4, -0.2) is 23.4 Å². The molecular formula is C2H6NiO2PdTi. The van der Waals surface area contributed by atoms with E-state index in [1.807, 2.05) is 0 Å². The van der Waals surface area contributed by atoms with Crippen molar-refractivity contribution in [2.45, 2.75) is 0 Å². The molecule has 0 bridgehead atoms. The monoisotopic (exact) mass is 274 g/mol. The van der Waals surface area contributed by atoms with E-state index in [0.717, 1.165) is 0 Å². The third kappa shape index (κ3) is 33.5. The Hall–Kier alpha value is 1.79. The zero-order valence-electron chi connectivity index (χ0n) is 3.44. The normalized spacial score (nSPS) is 4.29. The molecule has 0 fully saturated rings. The van der Waals surface area contributed by atoms with Gasteiger partial charge in [-0.15, -0.1) is 0 Å². The van der Waals surface area contributed by atoms with Crippen LogP contribution in [0.3, 0.4) is 0 Å². The van der Waals surface area contributed by atoms with E-state index in [0.29, 0.717) is 0 Å². The van der Waals surface area contributed by atoms with Crippen LogP contribution in [0.25, 0.3) is 0 Å². The van der Waals surface area contributed by atoms with Gasteiger partial charge in [0, 0.05) is 58.6 Å². The summed E-state index contributed by atoms with van der Waals surface area (Å²) in [5, 5.41) is 15.2. The van der Waals surface area contributed by atoms with E-state index in [1.54, 1.807) is 0 Å². The predicted octanol–water partition coefficient (Wildman–Crippen LogP) is -1.04. The Labute approximate surface area is 81.5 Å². The van der Waals surface area contributed by atoms with Gasteiger partial charge < -0.3 is 10.2 Å². The molecular weight excluding hydrogens is 269 g/mol. The second-order valence-corrected chi connectivity index (χ2v) is 0.447. The smallest absolute Gasteiger partial charge is 0.0662 e. The van der Waals surface area contributed by atoms with Gasteiger partial charge in [0.25, 0.3) is 0 Å². The molecule has 0 saturated carbocycles. The maximum Gasteiger partial charge on any atom is 0.0662 e. The minimum absolute atomic E-state index is 0. The molecule has 0 radical (unpaired) electrons. The molecule has 0 unspecified atom stereocenters. The zero-order valence-corrected chi connectivity index (χ0v) is 7.54. The number of hydrogen-bond donors (Lipinski definition) is 2. The predicted molar refractivity (Wildman–Crippen MR) is 14.2 cm³/mol. The quantitative estimate of drug-likeness (QED) is 0.600. The molecule has 0 aliphatic heterocycles. The second kappa shape index (κ2) is 25.0. The van der Waals surface area contributed by atoms with Crippen LogP contribution in [0.15, 0.2) is 0 Å². The molecule has 0 amide bonds. The van der Waals surface area contributed by atoms with Crippen LogP contribution in [0.5, 0.6) is 0 Å². The fourth-order valence-corrected chi connectivity index (χ4v) is 0. The van der Waals surface area contributed by atoms with Crippen LogP contribution >= 0.6 is 0 Å². The van der Waals surface area contributed by atoms with E-state index >= 15 is 0 Å². The first-order chi connectivity index (χ1) is 1.91. The first-order valence-corrected chi connectivity index (χ1v) is 1.13. The van der Waals surface area contributed by atoms with E-state index in [9.17, 15) is 0 Å². The van der Waals surface area contributed by atoms with Crippen molar-refractivity contribution >= 4 is 0 Å². The summed E-state index contributed by atoms with van der Waals surface area (Å²) in [6.07, 6.45) is 0. The van der Waals surface area contributed by atoms with Crippen LogP contribution in [0, 0.1) is 0 Å². The summed E-state index contributed by atoms with van der Waals surface area (Å²) in [6, 6.07) is 0. The summed E-state index contributed by atoms with van der Waals surface area (Å²) in [7, 11) is 0. The molecule has 0 aromatic heterocycles. The van der Waals surface area contributed by atoms with Gasteiger partial charge in [-0.25, -0.2) is 0 Å². The summed E-state index contributed by atoms with van der Waals surface area (Å²) in [6.45, 7) is -0.250. The molecule has 5 heteroatoms. The van der Waals surface area contributed by atoms with Crippen molar-refractivity contribution in [2.24, 2.45) is 0 Å². The summed E-state index contributed by atoms with van der Waals surface area (Å²) in [4.78, 5) is 0. The molecule has 0 atom stereocenters. The van der Waals surface area contributed by atoms with E-state index in [4.69, 9.17) is 10.2 Å². The van der Waals surface area contributed by atoms with E-state index in [-0.39, 0.29) is 71.8 Å². The van der Waals surface area contributed by atoms with Crippen LogP contribution < -0.4 is 0 Å². The number of aliphatic hydroxyl groups is 2. The molecule has 0 aromatic carbocycles. The van der Waals surface area contributed by atoms with E-state index in [2.05, 4.69) is 0 Å². The average molecular weight is 275 g/mol. The topological polar surface area (TPSA) is 40.5 Å². The van der Waals surface area contributed by atoms with Gasteiger partial charge in [0.15, 0.2) is 0 Å². The zero-order chi connectivity index (χ0) is 3.41. The standard InChI is InChI=1S/C2H6O2.Ni.Pd.Ti/c3-1-2-4;;;/h3-4H,1-2H2;;;. The van der Waals surface area contributed by atoms with E-state index in [1.165, 1.54) is 0 Å². The van der Waals surface area contributed by atoms with Crippen LogP contribution in [0.1, 0.15) is 0 Å². The van der Waals surface area contributed by atoms with Crippen molar-refractivity contribution in [3.63, 3.8) is 0 Å². The van der Waals surface area contributed by atoms with E-state index < -0.39 is 0 Å². The van der Waals surface area contributed by atoms with Gasteiger partial charge in [-0.05, 0) is 0 Å². The van der Waals surface area contributed by atoms with Crippen molar-refractivity contribution in [1.82, 2.24) is 0 Å². The van der Waals surface area contributed by atoms with Gasteiger partial charge in [0.05, 0.1) is 13.2 Å². The largest absolute Gasteiger partial charge is 0.394 e. The molecule has 0 rings (SSSR count). The van der Waals surface area contributed by atoms with Gasteiger partial charge >= 0.3 is 0 Å². The van der Waals surface area contributed by atoms with Crippen LogP contribution in [-0.2, 0) is 58.6 Å². The molecule has 0 saturated heterocycles. The summed E-state index contributed by atoms with van der Waals surface area (Å²) >= 11 is 0. The van der Waals surface area contributed by atoms with Crippen LogP contribution in [0.2, 0.25) is 0 Å². The van der Waals surface area contributed by atoms with Crippen LogP contribution in [0.4, 0.5) is 0 Å². The van der Waals surface area contributed by atoms with Crippen molar-refractivity contribution in [1.29, 1.82) is 0 Å².